The molecule has 0 saturated carbocycles. The van der Waals surface area contributed by atoms with Gasteiger partial charge in [-0.25, -0.2) is 0 Å². The van der Waals surface area contributed by atoms with Gasteiger partial charge in [0.15, 0.2) is 0 Å². The normalized spacial score (nSPS) is 11.6. The highest BCUT2D eigenvalue weighted by Gasteiger charge is 2.21. The van der Waals surface area contributed by atoms with Crippen molar-refractivity contribution in [2.45, 2.75) is 25.9 Å². The fourth-order valence-electron chi connectivity index (χ4n) is 2.02. The largest absolute Gasteiger partial charge is 0.378 e. The molecule has 0 aliphatic carbocycles. The molecule has 2 rings (SSSR count). The van der Waals surface area contributed by atoms with Crippen molar-refractivity contribution >= 4 is 38.3 Å². The zero-order chi connectivity index (χ0) is 14.8. The molecule has 0 heterocycles. The topological polar surface area (TPSA) is 38.3 Å². The number of amides is 1. The van der Waals surface area contributed by atoms with E-state index in [1.165, 1.54) is 0 Å². The van der Waals surface area contributed by atoms with E-state index < -0.39 is 5.60 Å². The second kappa shape index (κ2) is 5.94. The molecule has 0 bridgehead atoms. The Bertz CT molecular complexity index is 637. The van der Waals surface area contributed by atoms with Gasteiger partial charge in [0.25, 0.3) is 0 Å². The number of fused-ring (bicyclic) bond motifs is 1. The number of hydrogen-bond donors (Lipinski definition) is 1. The van der Waals surface area contributed by atoms with E-state index in [2.05, 4.69) is 21.2 Å². The van der Waals surface area contributed by atoms with Crippen LogP contribution in [0.5, 0.6) is 0 Å². The maximum atomic E-state index is 12.1. The summed E-state index contributed by atoms with van der Waals surface area (Å²) in [5.74, 6) is -0.0516. The summed E-state index contributed by atoms with van der Waals surface area (Å²) in [4.78, 5) is 12.1. The van der Waals surface area contributed by atoms with Crippen LogP contribution in [0.2, 0.25) is 0 Å². The second-order valence-electron chi connectivity index (χ2n) is 5.33. The third-order valence-electron chi connectivity index (χ3n) is 3.28. The first-order chi connectivity index (χ1) is 9.43. The first kappa shape index (κ1) is 15.0. The van der Waals surface area contributed by atoms with Crippen molar-refractivity contribution in [3.05, 3.63) is 40.9 Å². The van der Waals surface area contributed by atoms with Gasteiger partial charge in [-0.3, -0.25) is 4.79 Å². The van der Waals surface area contributed by atoms with E-state index in [1.54, 1.807) is 7.11 Å². The van der Waals surface area contributed by atoms with E-state index in [1.807, 2.05) is 50.2 Å². The molecular weight excluding hydrogens is 318 g/mol. The Kier molecular flexibility index (Phi) is 4.45. The van der Waals surface area contributed by atoms with Crippen LogP contribution in [0.15, 0.2) is 40.9 Å². The van der Waals surface area contributed by atoms with Crippen molar-refractivity contribution in [2.75, 3.05) is 12.4 Å². The molecule has 20 heavy (non-hydrogen) atoms. The number of carbonyl (C=O) groups is 1. The molecule has 0 radical (unpaired) electrons. The molecule has 2 aromatic rings. The average molecular weight is 336 g/mol. The van der Waals surface area contributed by atoms with Gasteiger partial charge in [-0.15, -0.1) is 0 Å². The molecule has 0 fully saturated rings. The smallest absolute Gasteiger partial charge is 0.227 e. The van der Waals surface area contributed by atoms with E-state index in [-0.39, 0.29) is 5.91 Å². The van der Waals surface area contributed by atoms with Gasteiger partial charge in [0.2, 0.25) is 5.91 Å². The zero-order valence-electron chi connectivity index (χ0n) is 11.9. The number of ether oxygens (including phenoxy) is 1. The second-order valence-corrected chi connectivity index (χ2v) is 6.18. The highest BCUT2D eigenvalue weighted by Crippen LogP contribution is 2.30. The number of halogens is 1. The minimum absolute atomic E-state index is 0.0516. The molecule has 3 nitrogen and oxygen atoms in total. The number of benzene rings is 2. The van der Waals surface area contributed by atoms with Gasteiger partial charge in [-0.05, 0) is 31.4 Å². The van der Waals surface area contributed by atoms with Crippen molar-refractivity contribution < 1.29 is 9.53 Å². The molecule has 1 amide bonds. The fourth-order valence-corrected chi connectivity index (χ4v) is 2.50. The van der Waals surface area contributed by atoms with Gasteiger partial charge in [-0.2, -0.15) is 0 Å². The van der Waals surface area contributed by atoms with Gasteiger partial charge < -0.3 is 10.1 Å². The SMILES string of the molecule is COC(C)(C)CC(=O)Nc1ccc(Br)c2ccccc12. The number of anilines is 1. The standard InChI is InChI=1S/C16H18BrNO2/c1-16(2,20-3)10-15(19)18-14-9-8-13(17)11-6-4-5-7-12(11)14/h4-9H,10H2,1-3H3,(H,18,19). The molecule has 4 heteroatoms. The Labute approximate surface area is 127 Å². The summed E-state index contributed by atoms with van der Waals surface area (Å²) in [7, 11) is 1.61. The third kappa shape index (κ3) is 3.38. The molecule has 0 saturated heterocycles. The van der Waals surface area contributed by atoms with Crippen molar-refractivity contribution in [1.29, 1.82) is 0 Å². The third-order valence-corrected chi connectivity index (χ3v) is 3.98. The van der Waals surface area contributed by atoms with Crippen molar-refractivity contribution in [1.82, 2.24) is 0 Å². The Morgan fingerprint density at radius 3 is 2.50 bits per heavy atom. The molecule has 0 atom stereocenters. The van der Waals surface area contributed by atoms with Crippen LogP contribution < -0.4 is 5.32 Å². The summed E-state index contributed by atoms with van der Waals surface area (Å²) < 4.78 is 6.30. The highest BCUT2D eigenvalue weighted by molar-refractivity contribution is 9.10. The zero-order valence-corrected chi connectivity index (χ0v) is 13.5. The summed E-state index contributed by atoms with van der Waals surface area (Å²) in [5, 5.41) is 5.06. The predicted octanol–water partition coefficient (Wildman–Crippen LogP) is 4.36. The van der Waals surface area contributed by atoms with E-state index in [0.717, 1.165) is 20.9 Å². The minimum Gasteiger partial charge on any atom is -0.378 e. The number of methoxy groups -OCH3 is 1. The fraction of sp³-hybridized carbons (Fsp3) is 0.312. The Balaban J connectivity index is 2.27. The maximum absolute atomic E-state index is 12.1. The maximum Gasteiger partial charge on any atom is 0.227 e. The van der Waals surface area contributed by atoms with Crippen molar-refractivity contribution in [3.63, 3.8) is 0 Å². The van der Waals surface area contributed by atoms with Crippen molar-refractivity contribution in [2.24, 2.45) is 0 Å². The summed E-state index contributed by atoms with van der Waals surface area (Å²) in [6.45, 7) is 3.79. The molecule has 0 aliphatic heterocycles. The first-order valence-corrected chi connectivity index (χ1v) is 7.24. The minimum atomic E-state index is -0.463. The quantitative estimate of drug-likeness (QED) is 0.901. The summed E-state index contributed by atoms with van der Waals surface area (Å²) in [5.41, 5.74) is 0.357. The number of rotatable bonds is 4. The van der Waals surface area contributed by atoms with Crippen LogP contribution >= 0.6 is 15.9 Å². The summed E-state index contributed by atoms with van der Waals surface area (Å²) in [6.07, 6.45) is 0.313. The molecule has 0 unspecified atom stereocenters. The van der Waals surface area contributed by atoms with Crippen LogP contribution in [0.25, 0.3) is 10.8 Å². The highest BCUT2D eigenvalue weighted by atomic mass is 79.9. The van der Waals surface area contributed by atoms with Gasteiger partial charge in [0.05, 0.1) is 12.0 Å². The first-order valence-electron chi connectivity index (χ1n) is 6.45. The lowest BCUT2D eigenvalue weighted by atomic mass is 10.0. The Hall–Kier alpha value is -1.39. The van der Waals surface area contributed by atoms with Crippen LogP contribution in [-0.2, 0) is 9.53 Å². The van der Waals surface area contributed by atoms with Gasteiger partial charge >= 0.3 is 0 Å². The number of carbonyl (C=O) groups excluding carboxylic acids is 1. The molecule has 106 valence electrons. The monoisotopic (exact) mass is 335 g/mol. The number of nitrogens with one attached hydrogen (secondary N) is 1. The summed E-state index contributed by atoms with van der Waals surface area (Å²) >= 11 is 3.52. The predicted molar refractivity (Wildman–Crippen MR) is 86.0 cm³/mol. The average Bonchev–Trinajstić information content (AvgIpc) is 2.42. The molecule has 0 spiro atoms. The van der Waals surface area contributed by atoms with Gasteiger partial charge in [-0.1, -0.05) is 40.2 Å². The molecule has 0 aliphatic rings. The Morgan fingerprint density at radius 1 is 1.20 bits per heavy atom. The molecule has 0 aromatic heterocycles. The molecule has 1 N–H and O–H groups in total. The van der Waals surface area contributed by atoms with Crippen LogP contribution in [0.3, 0.4) is 0 Å². The lowest BCUT2D eigenvalue weighted by Crippen LogP contribution is -2.29. The van der Waals surface area contributed by atoms with Gasteiger partial charge in [0, 0.05) is 22.7 Å². The van der Waals surface area contributed by atoms with E-state index >= 15 is 0 Å². The summed E-state index contributed by atoms with van der Waals surface area (Å²) in [6, 6.07) is 11.8. The molecular formula is C16H18BrNO2. The van der Waals surface area contributed by atoms with E-state index in [9.17, 15) is 4.79 Å². The van der Waals surface area contributed by atoms with Crippen LogP contribution in [-0.4, -0.2) is 18.6 Å². The lowest BCUT2D eigenvalue weighted by molar-refractivity contribution is -0.121. The van der Waals surface area contributed by atoms with Crippen molar-refractivity contribution in [3.8, 4) is 0 Å². The number of hydrogen-bond acceptors (Lipinski definition) is 2. The molecule has 2 aromatic carbocycles. The van der Waals surface area contributed by atoms with Crippen LogP contribution in [0.4, 0.5) is 5.69 Å². The van der Waals surface area contributed by atoms with Gasteiger partial charge in [0.1, 0.15) is 0 Å². The Morgan fingerprint density at radius 2 is 1.85 bits per heavy atom. The van der Waals surface area contributed by atoms with Crippen LogP contribution in [0.1, 0.15) is 20.3 Å². The lowest BCUT2D eigenvalue weighted by Gasteiger charge is -2.22. The van der Waals surface area contributed by atoms with E-state index in [4.69, 9.17) is 4.74 Å². The van der Waals surface area contributed by atoms with E-state index in [0.29, 0.717) is 6.42 Å². The van der Waals surface area contributed by atoms with Crippen LogP contribution in [0, 0.1) is 0 Å².